The van der Waals surface area contributed by atoms with Gasteiger partial charge in [-0.2, -0.15) is 0 Å². The van der Waals surface area contributed by atoms with Gasteiger partial charge in [0.1, 0.15) is 0 Å². The number of aliphatic imine (C=N–C) groups is 1. The summed E-state index contributed by atoms with van der Waals surface area (Å²) in [5.41, 5.74) is 1.18. The van der Waals surface area contributed by atoms with Crippen molar-refractivity contribution in [1.29, 1.82) is 0 Å². The number of hydrogen-bond acceptors (Lipinski definition) is 6. The van der Waals surface area contributed by atoms with Crippen LogP contribution in [-0.4, -0.2) is 49.1 Å². The minimum absolute atomic E-state index is 0.177. The highest BCUT2D eigenvalue weighted by Gasteiger charge is 2.32. The van der Waals surface area contributed by atoms with E-state index in [0.717, 1.165) is 5.69 Å². The van der Waals surface area contributed by atoms with Crippen molar-refractivity contribution in [1.82, 2.24) is 4.90 Å². The first kappa shape index (κ1) is 20.4. The van der Waals surface area contributed by atoms with Gasteiger partial charge in [-0.15, -0.1) is 0 Å². The molecule has 0 saturated carbocycles. The molecule has 0 aromatic heterocycles. The molecule has 8 heteroatoms. The van der Waals surface area contributed by atoms with Gasteiger partial charge in [0.25, 0.3) is 5.91 Å². The standard InChI is InChI=1S/C20H21ClN2O4S/c1-12-11-23(20(28-12)22-15-7-5-14(21)6-8-15)19(24)13-9-16(25-2)18(27-4)17(10-13)26-3/h5-10,12H,11H2,1-4H3/t12-/m1/s1. The average Bonchev–Trinajstić information content (AvgIpc) is 3.07. The lowest BCUT2D eigenvalue weighted by Gasteiger charge is -2.18. The van der Waals surface area contributed by atoms with Crippen LogP contribution in [0.25, 0.3) is 0 Å². The zero-order valence-corrected chi connectivity index (χ0v) is 17.6. The van der Waals surface area contributed by atoms with Gasteiger partial charge in [0.15, 0.2) is 16.7 Å². The van der Waals surface area contributed by atoms with Crippen molar-refractivity contribution >= 4 is 40.1 Å². The van der Waals surface area contributed by atoms with E-state index in [1.54, 1.807) is 40.9 Å². The number of amidine groups is 1. The molecule has 28 heavy (non-hydrogen) atoms. The number of carbonyl (C=O) groups excluding carboxylic acids is 1. The average molecular weight is 421 g/mol. The van der Waals surface area contributed by atoms with Crippen LogP contribution in [0.5, 0.6) is 17.2 Å². The van der Waals surface area contributed by atoms with E-state index in [-0.39, 0.29) is 11.2 Å². The van der Waals surface area contributed by atoms with Gasteiger partial charge in [-0.25, -0.2) is 4.99 Å². The Morgan fingerprint density at radius 3 is 2.25 bits per heavy atom. The van der Waals surface area contributed by atoms with Gasteiger partial charge in [0, 0.05) is 22.4 Å². The first-order chi connectivity index (χ1) is 13.5. The van der Waals surface area contributed by atoms with Crippen LogP contribution in [0, 0.1) is 0 Å². The number of nitrogens with zero attached hydrogens (tertiary/aromatic N) is 2. The molecule has 1 amide bonds. The Morgan fingerprint density at radius 2 is 1.71 bits per heavy atom. The Kier molecular flexibility index (Phi) is 6.36. The maximum atomic E-state index is 13.2. The molecule has 0 unspecified atom stereocenters. The van der Waals surface area contributed by atoms with Crippen molar-refractivity contribution in [3.05, 3.63) is 47.0 Å². The van der Waals surface area contributed by atoms with Crippen LogP contribution in [0.4, 0.5) is 5.69 Å². The fourth-order valence-electron chi connectivity index (χ4n) is 2.86. The van der Waals surface area contributed by atoms with Crippen molar-refractivity contribution < 1.29 is 19.0 Å². The summed E-state index contributed by atoms with van der Waals surface area (Å²) in [7, 11) is 4.57. The van der Waals surface area contributed by atoms with Crippen molar-refractivity contribution in [3.63, 3.8) is 0 Å². The largest absolute Gasteiger partial charge is 0.493 e. The molecule has 6 nitrogen and oxygen atoms in total. The lowest BCUT2D eigenvalue weighted by atomic mass is 10.1. The molecule has 3 rings (SSSR count). The summed E-state index contributed by atoms with van der Waals surface area (Å²) in [5.74, 6) is 1.13. The minimum atomic E-state index is -0.177. The second-order valence-corrected chi connectivity index (χ2v) is 7.97. The van der Waals surface area contributed by atoms with Gasteiger partial charge in [-0.05, 0) is 36.4 Å². The Labute approximate surface area is 173 Å². The lowest BCUT2D eigenvalue weighted by molar-refractivity contribution is 0.0854. The van der Waals surface area contributed by atoms with Crippen LogP contribution < -0.4 is 14.2 Å². The molecule has 0 spiro atoms. The van der Waals surface area contributed by atoms with E-state index >= 15 is 0 Å². The summed E-state index contributed by atoms with van der Waals surface area (Å²) in [4.78, 5) is 19.5. The van der Waals surface area contributed by atoms with Gasteiger partial charge < -0.3 is 14.2 Å². The number of methoxy groups -OCH3 is 3. The summed E-state index contributed by atoms with van der Waals surface area (Å²) < 4.78 is 16.1. The maximum Gasteiger partial charge on any atom is 0.260 e. The predicted octanol–water partition coefficient (Wildman–Crippen LogP) is 4.63. The molecule has 0 bridgehead atoms. The van der Waals surface area contributed by atoms with Crippen LogP contribution in [0.2, 0.25) is 5.02 Å². The first-order valence-corrected chi connectivity index (χ1v) is 9.85. The smallest absolute Gasteiger partial charge is 0.260 e. The van der Waals surface area contributed by atoms with E-state index in [1.807, 2.05) is 12.1 Å². The molecule has 1 heterocycles. The predicted molar refractivity (Wildman–Crippen MR) is 113 cm³/mol. The monoisotopic (exact) mass is 420 g/mol. The molecule has 1 saturated heterocycles. The topological polar surface area (TPSA) is 60.4 Å². The Morgan fingerprint density at radius 1 is 1.11 bits per heavy atom. The third-order valence-electron chi connectivity index (χ3n) is 4.19. The molecule has 2 aromatic rings. The highest BCUT2D eigenvalue weighted by atomic mass is 35.5. The van der Waals surface area contributed by atoms with E-state index in [2.05, 4.69) is 11.9 Å². The number of thioether (sulfide) groups is 1. The second kappa shape index (κ2) is 8.75. The minimum Gasteiger partial charge on any atom is -0.493 e. The number of hydrogen-bond donors (Lipinski definition) is 0. The number of halogens is 1. The van der Waals surface area contributed by atoms with Gasteiger partial charge in [0.05, 0.1) is 27.0 Å². The highest BCUT2D eigenvalue weighted by molar-refractivity contribution is 8.14. The molecule has 0 aliphatic carbocycles. The summed E-state index contributed by atoms with van der Waals surface area (Å²) in [6.07, 6.45) is 0. The molecule has 0 N–H and O–H groups in total. The molecule has 1 aliphatic rings. The Hall–Kier alpha value is -2.38. The van der Waals surface area contributed by atoms with Crippen molar-refractivity contribution in [3.8, 4) is 17.2 Å². The highest BCUT2D eigenvalue weighted by Crippen LogP contribution is 2.39. The normalized spacial score (nSPS) is 17.7. The third-order valence-corrected chi connectivity index (χ3v) is 5.51. The first-order valence-electron chi connectivity index (χ1n) is 8.59. The van der Waals surface area contributed by atoms with E-state index in [9.17, 15) is 4.79 Å². The van der Waals surface area contributed by atoms with E-state index < -0.39 is 0 Å². The van der Waals surface area contributed by atoms with Crippen LogP contribution in [0.3, 0.4) is 0 Å². The summed E-state index contributed by atoms with van der Waals surface area (Å²) >= 11 is 7.50. The summed E-state index contributed by atoms with van der Waals surface area (Å²) in [6, 6.07) is 10.5. The summed E-state index contributed by atoms with van der Waals surface area (Å²) in [6.45, 7) is 2.62. The van der Waals surface area contributed by atoms with Gasteiger partial charge in [-0.1, -0.05) is 30.3 Å². The lowest BCUT2D eigenvalue weighted by Crippen LogP contribution is -2.32. The quantitative estimate of drug-likeness (QED) is 0.705. The molecule has 1 aliphatic heterocycles. The van der Waals surface area contributed by atoms with Crippen LogP contribution >= 0.6 is 23.4 Å². The second-order valence-electron chi connectivity index (χ2n) is 6.13. The number of amides is 1. The molecule has 148 valence electrons. The molecule has 0 radical (unpaired) electrons. The fourth-order valence-corrected chi connectivity index (χ4v) is 4.01. The SMILES string of the molecule is COc1cc(C(=O)N2C[C@@H](C)SC2=Nc2ccc(Cl)cc2)cc(OC)c1OC. The number of rotatable bonds is 5. The fraction of sp³-hybridized carbons (Fsp3) is 0.300. The molecule has 1 fully saturated rings. The summed E-state index contributed by atoms with van der Waals surface area (Å²) in [5, 5.41) is 1.52. The number of ether oxygens (including phenoxy) is 3. The zero-order chi connectivity index (χ0) is 20.3. The third kappa shape index (κ3) is 4.20. The van der Waals surface area contributed by atoms with Crippen molar-refractivity contribution in [2.24, 2.45) is 4.99 Å². The van der Waals surface area contributed by atoms with E-state index in [1.165, 1.54) is 21.3 Å². The van der Waals surface area contributed by atoms with Crippen LogP contribution in [-0.2, 0) is 0 Å². The number of benzene rings is 2. The van der Waals surface area contributed by atoms with Crippen LogP contribution in [0.1, 0.15) is 17.3 Å². The van der Waals surface area contributed by atoms with Crippen molar-refractivity contribution in [2.75, 3.05) is 27.9 Å². The molecular weight excluding hydrogens is 400 g/mol. The van der Waals surface area contributed by atoms with Crippen molar-refractivity contribution in [2.45, 2.75) is 12.2 Å². The molecule has 1 atom stereocenters. The number of carbonyl (C=O) groups is 1. The Balaban J connectivity index is 1.97. The van der Waals surface area contributed by atoms with Gasteiger partial charge in [-0.3, -0.25) is 9.69 Å². The van der Waals surface area contributed by atoms with Crippen LogP contribution in [0.15, 0.2) is 41.4 Å². The zero-order valence-electron chi connectivity index (χ0n) is 16.1. The maximum absolute atomic E-state index is 13.2. The van der Waals surface area contributed by atoms with E-state index in [0.29, 0.717) is 39.5 Å². The molecular formula is C20H21ClN2O4S. The van der Waals surface area contributed by atoms with E-state index in [4.69, 9.17) is 25.8 Å². The molecule has 2 aromatic carbocycles. The van der Waals surface area contributed by atoms with Gasteiger partial charge >= 0.3 is 0 Å². The Bertz CT molecular complexity index is 877. The van der Waals surface area contributed by atoms with Gasteiger partial charge in [0.2, 0.25) is 5.75 Å².